The number of hydrogen-bond acceptors (Lipinski definition) is 14. The van der Waals surface area contributed by atoms with E-state index in [1.165, 1.54) is 18.2 Å². The van der Waals surface area contributed by atoms with E-state index in [1.807, 2.05) is 0 Å². The second-order valence-electron chi connectivity index (χ2n) is 8.80. The van der Waals surface area contributed by atoms with Crippen LogP contribution < -0.4 is 0 Å². The average Bonchev–Trinajstić information content (AvgIpc) is 2.92. The quantitative estimate of drug-likeness (QED) is 0.0974. The number of carbonyl (C=O) groups excluding carboxylic acids is 2. The lowest BCUT2D eigenvalue weighted by Gasteiger charge is -2.41. The van der Waals surface area contributed by atoms with Gasteiger partial charge >= 0.3 is 11.9 Å². The lowest BCUT2D eigenvalue weighted by atomic mass is 9.86. The van der Waals surface area contributed by atoms with Crippen molar-refractivity contribution in [2.75, 3.05) is 26.9 Å². The van der Waals surface area contributed by atoms with Gasteiger partial charge in [0.15, 0.2) is 17.8 Å². The standard InChI is InChI=1S/C25H32O14/c1-35-23(34)15-11-37-24(39-25-22(33)21(32)20(31)18(10-27)38-25)13(4-6-26)14(15)9-19(30)36-7-5-12-2-3-16(28)17(29)8-12/h2-4,8,11,14,18,20-22,24-29,31-33H,5-7,9-10H2,1H3/b13-4+/t14-,18+,20+,21-,22-,24-,25-/m0/s1. The van der Waals surface area contributed by atoms with E-state index >= 15 is 0 Å². The van der Waals surface area contributed by atoms with Crippen LogP contribution in [0.15, 0.2) is 41.7 Å². The molecule has 216 valence electrons. The second-order valence-corrected chi connectivity index (χ2v) is 8.80. The maximum Gasteiger partial charge on any atom is 0.337 e. The summed E-state index contributed by atoms with van der Waals surface area (Å²) in [5.74, 6) is -3.24. The molecule has 2 heterocycles. The molecule has 1 saturated heterocycles. The molecule has 2 aliphatic heterocycles. The Morgan fingerprint density at radius 1 is 1.05 bits per heavy atom. The maximum atomic E-state index is 12.7. The highest BCUT2D eigenvalue weighted by Crippen LogP contribution is 2.36. The smallest absolute Gasteiger partial charge is 0.337 e. The van der Waals surface area contributed by atoms with Crippen LogP contribution in [0.1, 0.15) is 12.0 Å². The van der Waals surface area contributed by atoms with Gasteiger partial charge in [-0.2, -0.15) is 0 Å². The molecule has 0 spiro atoms. The van der Waals surface area contributed by atoms with Gasteiger partial charge in [0, 0.05) is 17.9 Å². The predicted octanol–water partition coefficient (Wildman–Crippen LogP) is -1.66. The van der Waals surface area contributed by atoms with Crippen LogP contribution in [0.5, 0.6) is 11.5 Å². The van der Waals surface area contributed by atoms with Gasteiger partial charge in [-0.05, 0) is 17.7 Å². The van der Waals surface area contributed by atoms with E-state index in [4.69, 9.17) is 23.7 Å². The van der Waals surface area contributed by atoms with Crippen molar-refractivity contribution in [3.05, 3.63) is 47.2 Å². The van der Waals surface area contributed by atoms with Crippen LogP contribution >= 0.6 is 0 Å². The summed E-state index contributed by atoms with van der Waals surface area (Å²) in [7, 11) is 1.12. The zero-order valence-electron chi connectivity index (χ0n) is 21.0. The van der Waals surface area contributed by atoms with Crippen molar-refractivity contribution in [3.8, 4) is 11.5 Å². The third-order valence-electron chi connectivity index (χ3n) is 6.29. The summed E-state index contributed by atoms with van der Waals surface area (Å²) >= 11 is 0. The van der Waals surface area contributed by atoms with Crippen LogP contribution in [0.25, 0.3) is 0 Å². The molecule has 0 amide bonds. The fourth-order valence-electron chi connectivity index (χ4n) is 4.16. The van der Waals surface area contributed by atoms with Gasteiger partial charge in [-0.1, -0.05) is 12.1 Å². The van der Waals surface area contributed by atoms with Gasteiger partial charge in [0.2, 0.25) is 6.29 Å². The molecule has 14 heteroatoms. The molecule has 0 saturated carbocycles. The summed E-state index contributed by atoms with van der Waals surface area (Å²) in [6.07, 6.45) is -7.37. The lowest BCUT2D eigenvalue weighted by Crippen LogP contribution is -2.60. The number of hydrogen-bond donors (Lipinski definition) is 7. The minimum atomic E-state index is -1.75. The van der Waals surface area contributed by atoms with Crippen molar-refractivity contribution in [1.82, 2.24) is 0 Å². The number of carbonyl (C=O) groups is 2. The summed E-state index contributed by atoms with van der Waals surface area (Å²) in [6, 6.07) is 4.16. The van der Waals surface area contributed by atoms with Gasteiger partial charge in [0.05, 0.1) is 45.2 Å². The first-order valence-corrected chi connectivity index (χ1v) is 12.0. The van der Waals surface area contributed by atoms with Crippen molar-refractivity contribution in [2.45, 2.75) is 49.8 Å². The van der Waals surface area contributed by atoms with E-state index in [-0.39, 0.29) is 35.7 Å². The Morgan fingerprint density at radius 3 is 2.44 bits per heavy atom. The molecule has 0 bridgehead atoms. The van der Waals surface area contributed by atoms with E-state index < -0.39 is 74.5 Å². The van der Waals surface area contributed by atoms with Gasteiger partial charge < -0.3 is 59.4 Å². The average molecular weight is 557 g/mol. The number of aliphatic hydroxyl groups is 5. The minimum absolute atomic E-state index is 0.0813. The van der Waals surface area contributed by atoms with E-state index in [0.717, 1.165) is 13.4 Å². The molecule has 39 heavy (non-hydrogen) atoms. The monoisotopic (exact) mass is 556 g/mol. The van der Waals surface area contributed by atoms with Crippen molar-refractivity contribution in [2.24, 2.45) is 5.92 Å². The fourth-order valence-corrected chi connectivity index (χ4v) is 4.16. The first kappa shape index (κ1) is 30.3. The van der Waals surface area contributed by atoms with Crippen molar-refractivity contribution in [1.29, 1.82) is 0 Å². The molecule has 7 N–H and O–H groups in total. The van der Waals surface area contributed by atoms with Crippen LogP contribution in [-0.4, -0.2) is 112 Å². The van der Waals surface area contributed by atoms with Crippen molar-refractivity contribution < 1.29 is 69.0 Å². The molecule has 7 atom stereocenters. The zero-order valence-corrected chi connectivity index (χ0v) is 21.0. The molecule has 0 radical (unpaired) electrons. The van der Waals surface area contributed by atoms with Crippen LogP contribution in [0.2, 0.25) is 0 Å². The molecule has 2 aliphatic rings. The number of rotatable bonds is 10. The molecular formula is C25H32O14. The Balaban J connectivity index is 1.75. The molecular weight excluding hydrogens is 524 g/mol. The zero-order chi connectivity index (χ0) is 28.7. The predicted molar refractivity (Wildman–Crippen MR) is 128 cm³/mol. The Kier molecular flexibility index (Phi) is 10.7. The van der Waals surface area contributed by atoms with E-state index in [0.29, 0.717) is 5.56 Å². The highest BCUT2D eigenvalue weighted by atomic mass is 16.8. The summed E-state index contributed by atoms with van der Waals surface area (Å²) < 4.78 is 26.5. The number of phenolic OH excluding ortho intramolecular Hbond substituents is 2. The van der Waals surface area contributed by atoms with Crippen LogP contribution in [0, 0.1) is 5.92 Å². The second kappa shape index (κ2) is 13.7. The number of aliphatic hydroxyl groups excluding tert-OH is 5. The van der Waals surface area contributed by atoms with E-state index in [9.17, 15) is 45.3 Å². The number of benzene rings is 1. The topological polar surface area (TPSA) is 222 Å². The Labute approximate surface area is 222 Å². The van der Waals surface area contributed by atoms with E-state index in [1.54, 1.807) is 6.07 Å². The molecule has 0 aliphatic carbocycles. The summed E-state index contributed by atoms with van der Waals surface area (Å²) in [5, 5.41) is 68.4. The number of aromatic hydroxyl groups is 2. The SMILES string of the molecule is COC(=O)C1=CO[C@@H](O[C@@H]2O[C@H](CO)[C@@H](O)[C@H](O)[C@@H]2O)/C(=C/CO)[C@@H]1CC(=O)OCCc1ccc(O)c(O)c1. The van der Waals surface area contributed by atoms with Gasteiger partial charge in [0.25, 0.3) is 0 Å². The third kappa shape index (κ3) is 7.24. The number of esters is 2. The Hall–Kier alpha value is -3.24. The normalized spacial score (nSPS) is 29.8. The number of methoxy groups -OCH3 is 1. The lowest BCUT2D eigenvalue weighted by molar-refractivity contribution is -0.327. The maximum absolute atomic E-state index is 12.7. The molecule has 3 rings (SSSR count). The minimum Gasteiger partial charge on any atom is -0.504 e. The van der Waals surface area contributed by atoms with Gasteiger partial charge in [-0.25, -0.2) is 4.79 Å². The van der Waals surface area contributed by atoms with Crippen LogP contribution in [0.4, 0.5) is 0 Å². The molecule has 1 fully saturated rings. The first-order chi connectivity index (χ1) is 18.6. The largest absolute Gasteiger partial charge is 0.504 e. The first-order valence-electron chi connectivity index (χ1n) is 12.0. The molecule has 1 aromatic rings. The fraction of sp³-hybridized carbons (Fsp3) is 0.520. The van der Waals surface area contributed by atoms with Gasteiger partial charge in [-0.15, -0.1) is 0 Å². The molecule has 0 unspecified atom stereocenters. The number of phenols is 2. The third-order valence-corrected chi connectivity index (χ3v) is 6.29. The van der Waals surface area contributed by atoms with Crippen molar-refractivity contribution >= 4 is 11.9 Å². The van der Waals surface area contributed by atoms with Crippen LogP contribution in [-0.2, 0) is 39.7 Å². The summed E-state index contributed by atoms with van der Waals surface area (Å²) in [4.78, 5) is 25.1. The van der Waals surface area contributed by atoms with Gasteiger partial charge in [0.1, 0.15) is 24.4 Å². The van der Waals surface area contributed by atoms with E-state index in [2.05, 4.69) is 0 Å². The van der Waals surface area contributed by atoms with Crippen LogP contribution in [0.3, 0.4) is 0 Å². The Bertz CT molecular complexity index is 1070. The highest BCUT2D eigenvalue weighted by Gasteiger charge is 2.47. The summed E-state index contributed by atoms with van der Waals surface area (Å²) in [6.45, 7) is -1.34. The molecule has 0 aromatic heterocycles. The summed E-state index contributed by atoms with van der Waals surface area (Å²) in [5.41, 5.74) is 0.581. The number of ether oxygens (including phenoxy) is 5. The highest BCUT2D eigenvalue weighted by molar-refractivity contribution is 5.90. The van der Waals surface area contributed by atoms with Gasteiger partial charge in [-0.3, -0.25) is 4.79 Å². The van der Waals surface area contributed by atoms with Crippen molar-refractivity contribution in [3.63, 3.8) is 0 Å². The molecule has 1 aromatic carbocycles. The Morgan fingerprint density at radius 2 is 1.79 bits per heavy atom. The molecule has 14 nitrogen and oxygen atoms in total.